The van der Waals surface area contributed by atoms with Crippen molar-refractivity contribution in [2.45, 2.75) is 19.4 Å². The summed E-state index contributed by atoms with van der Waals surface area (Å²) in [6.07, 6.45) is 6.38. The van der Waals surface area contributed by atoms with E-state index in [2.05, 4.69) is 39.7 Å². The highest BCUT2D eigenvalue weighted by Gasteiger charge is 2.15. The van der Waals surface area contributed by atoms with Gasteiger partial charge < -0.3 is 5.32 Å². The molecule has 0 aliphatic heterocycles. The van der Waals surface area contributed by atoms with Crippen LogP contribution in [0.25, 0.3) is 0 Å². The van der Waals surface area contributed by atoms with E-state index in [0.29, 0.717) is 0 Å². The number of rotatable bonds is 5. The molecule has 16 heavy (non-hydrogen) atoms. The van der Waals surface area contributed by atoms with Gasteiger partial charge in [0.2, 0.25) is 0 Å². The first kappa shape index (κ1) is 11.2. The molecule has 2 aromatic heterocycles. The molecule has 0 amide bonds. The van der Waals surface area contributed by atoms with E-state index >= 15 is 0 Å². The van der Waals surface area contributed by atoms with Crippen molar-refractivity contribution in [1.29, 1.82) is 0 Å². The normalized spacial score (nSPS) is 12.6. The predicted molar refractivity (Wildman–Crippen MR) is 66.5 cm³/mol. The van der Waals surface area contributed by atoms with Gasteiger partial charge in [-0.1, -0.05) is 13.0 Å². The van der Waals surface area contributed by atoms with Gasteiger partial charge in [0.25, 0.3) is 0 Å². The first-order valence-corrected chi connectivity index (χ1v) is 6.32. The molecular formula is C12H15N3S. The fourth-order valence-electron chi connectivity index (χ4n) is 1.55. The maximum Gasteiger partial charge on any atom is 0.0860 e. The number of hydrogen-bond acceptors (Lipinski definition) is 4. The summed E-state index contributed by atoms with van der Waals surface area (Å²) in [5, 5.41) is 5.59. The van der Waals surface area contributed by atoms with Crippen molar-refractivity contribution in [1.82, 2.24) is 15.3 Å². The van der Waals surface area contributed by atoms with E-state index in [9.17, 15) is 0 Å². The van der Waals surface area contributed by atoms with Crippen LogP contribution in [0.2, 0.25) is 0 Å². The van der Waals surface area contributed by atoms with Crippen molar-refractivity contribution in [3.63, 3.8) is 0 Å². The maximum atomic E-state index is 4.37. The molecule has 2 rings (SSSR count). The number of hydrogen-bond donors (Lipinski definition) is 1. The van der Waals surface area contributed by atoms with Gasteiger partial charge in [-0.15, -0.1) is 11.3 Å². The van der Waals surface area contributed by atoms with Gasteiger partial charge >= 0.3 is 0 Å². The Morgan fingerprint density at radius 3 is 3.00 bits per heavy atom. The van der Waals surface area contributed by atoms with Crippen molar-refractivity contribution in [2.24, 2.45) is 0 Å². The largest absolute Gasteiger partial charge is 0.304 e. The first-order chi connectivity index (χ1) is 7.92. The van der Waals surface area contributed by atoms with Crippen LogP contribution in [0.5, 0.6) is 0 Å². The highest BCUT2D eigenvalue weighted by Crippen LogP contribution is 2.23. The van der Waals surface area contributed by atoms with Crippen molar-refractivity contribution < 1.29 is 0 Å². The summed E-state index contributed by atoms with van der Waals surface area (Å²) in [4.78, 5) is 9.78. The van der Waals surface area contributed by atoms with Crippen molar-refractivity contribution in [3.8, 4) is 0 Å². The number of nitrogens with zero attached hydrogens (tertiary/aromatic N) is 2. The van der Waals surface area contributed by atoms with Crippen molar-refractivity contribution >= 4 is 11.3 Å². The van der Waals surface area contributed by atoms with E-state index in [4.69, 9.17) is 0 Å². The lowest BCUT2D eigenvalue weighted by Crippen LogP contribution is -2.23. The zero-order valence-corrected chi connectivity index (χ0v) is 10.1. The van der Waals surface area contributed by atoms with E-state index in [1.165, 1.54) is 4.88 Å². The first-order valence-electron chi connectivity index (χ1n) is 5.44. The topological polar surface area (TPSA) is 37.8 Å². The second-order valence-electron chi connectivity index (χ2n) is 3.53. The monoisotopic (exact) mass is 233 g/mol. The highest BCUT2D eigenvalue weighted by atomic mass is 32.1. The molecule has 2 aromatic rings. The summed E-state index contributed by atoms with van der Waals surface area (Å²) in [5.74, 6) is 0. The lowest BCUT2D eigenvalue weighted by Gasteiger charge is -2.15. The Morgan fingerprint density at radius 2 is 2.38 bits per heavy atom. The SMILES string of the molecule is CCCNC(c1cnccn1)c1cccs1. The van der Waals surface area contributed by atoms with Crippen LogP contribution >= 0.6 is 11.3 Å². The Kier molecular flexibility index (Phi) is 4.02. The van der Waals surface area contributed by atoms with Crippen LogP contribution in [0, 0.1) is 0 Å². The van der Waals surface area contributed by atoms with Crippen LogP contribution in [-0.2, 0) is 0 Å². The molecule has 1 unspecified atom stereocenters. The molecule has 0 saturated carbocycles. The van der Waals surface area contributed by atoms with Crippen molar-refractivity contribution in [2.75, 3.05) is 6.54 Å². The number of aromatic nitrogens is 2. The van der Waals surface area contributed by atoms with Gasteiger partial charge in [0.15, 0.2) is 0 Å². The second-order valence-corrected chi connectivity index (χ2v) is 4.51. The standard InChI is InChI=1S/C12H15N3S/c1-2-5-15-12(11-4-3-8-16-11)10-9-13-6-7-14-10/h3-4,6-9,12,15H,2,5H2,1H3. The minimum absolute atomic E-state index is 0.175. The molecule has 1 N–H and O–H groups in total. The molecular weight excluding hydrogens is 218 g/mol. The molecule has 0 bridgehead atoms. The second kappa shape index (κ2) is 5.72. The van der Waals surface area contributed by atoms with Gasteiger partial charge in [-0.2, -0.15) is 0 Å². The lowest BCUT2D eigenvalue weighted by molar-refractivity contribution is 0.591. The molecule has 4 heteroatoms. The van der Waals surface area contributed by atoms with Crippen LogP contribution in [0.1, 0.15) is 30.0 Å². The van der Waals surface area contributed by atoms with Gasteiger partial charge in [-0.3, -0.25) is 9.97 Å². The van der Waals surface area contributed by atoms with Crippen LogP contribution in [0.4, 0.5) is 0 Å². The summed E-state index contributed by atoms with van der Waals surface area (Å²) >= 11 is 1.75. The smallest absolute Gasteiger partial charge is 0.0860 e. The van der Waals surface area contributed by atoms with E-state index in [-0.39, 0.29) is 6.04 Å². The molecule has 2 heterocycles. The summed E-state index contributed by atoms with van der Waals surface area (Å²) in [7, 11) is 0. The Balaban J connectivity index is 2.21. The molecule has 0 fully saturated rings. The Bertz CT molecular complexity index is 399. The summed E-state index contributed by atoms with van der Waals surface area (Å²) < 4.78 is 0. The fraction of sp³-hybridized carbons (Fsp3) is 0.333. The van der Waals surface area contributed by atoms with E-state index in [1.807, 2.05) is 6.20 Å². The Labute approximate surface area is 99.6 Å². The third kappa shape index (κ3) is 2.65. The molecule has 0 radical (unpaired) electrons. The number of nitrogens with one attached hydrogen (secondary N) is 1. The molecule has 3 nitrogen and oxygen atoms in total. The molecule has 0 aromatic carbocycles. The molecule has 84 valence electrons. The van der Waals surface area contributed by atoms with Crippen LogP contribution in [0.15, 0.2) is 36.1 Å². The Hall–Kier alpha value is -1.26. The molecule has 0 saturated heterocycles. The van der Waals surface area contributed by atoms with Crippen molar-refractivity contribution in [3.05, 3.63) is 46.7 Å². The van der Waals surface area contributed by atoms with E-state index in [1.54, 1.807) is 23.7 Å². The maximum absolute atomic E-state index is 4.37. The number of thiophene rings is 1. The minimum atomic E-state index is 0.175. The van der Waals surface area contributed by atoms with E-state index in [0.717, 1.165) is 18.7 Å². The Morgan fingerprint density at radius 1 is 1.44 bits per heavy atom. The third-order valence-corrected chi connectivity index (χ3v) is 3.24. The van der Waals surface area contributed by atoms with Crippen LogP contribution < -0.4 is 5.32 Å². The zero-order valence-electron chi connectivity index (χ0n) is 9.26. The summed E-state index contributed by atoms with van der Waals surface area (Å²) in [6.45, 7) is 3.15. The summed E-state index contributed by atoms with van der Waals surface area (Å²) in [6, 6.07) is 4.37. The average molecular weight is 233 g/mol. The highest BCUT2D eigenvalue weighted by molar-refractivity contribution is 7.10. The quantitative estimate of drug-likeness (QED) is 0.862. The fourth-order valence-corrected chi connectivity index (χ4v) is 2.37. The van der Waals surface area contributed by atoms with Crippen LogP contribution in [0.3, 0.4) is 0 Å². The third-order valence-electron chi connectivity index (χ3n) is 2.31. The van der Waals surface area contributed by atoms with Gasteiger partial charge in [0.1, 0.15) is 0 Å². The lowest BCUT2D eigenvalue weighted by atomic mass is 10.1. The van der Waals surface area contributed by atoms with Gasteiger partial charge in [0.05, 0.1) is 17.9 Å². The zero-order chi connectivity index (χ0) is 11.2. The average Bonchev–Trinajstić information content (AvgIpc) is 2.85. The molecule has 0 aliphatic rings. The molecule has 0 aliphatic carbocycles. The molecule has 1 atom stereocenters. The minimum Gasteiger partial charge on any atom is -0.304 e. The summed E-state index contributed by atoms with van der Waals surface area (Å²) in [5.41, 5.74) is 0.985. The van der Waals surface area contributed by atoms with Gasteiger partial charge in [-0.05, 0) is 24.4 Å². The van der Waals surface area contributed by atoms with E-state index < -0.39 is 0 Å². The predicted octanol–water partition coefficient (Wildman–Crippen LogP) is 2.63. The van der Waals surface area contributed by atoms with Gasteiger partial charge in [0, 0.05) is 17.3 Å². The molecule has 0 spiro atoms. The van der Waals surface area contributed by atoms with Gasteiger partial charge in [-0.25, -0.2) is 0 Å². The van der Waals surface area contributed by atoms with Crippen LogP contribution in [-0.4, -0.2) is 16.5 Å².